The van der Waals surface area contributed by atoms with Crippen LogP contribution in [0.1, 0.15) is 16.8 Å². The van der Waals surface area contributed by atoms with Crippen molar-refractivity contribution in [2.24, 2.45) is 0 Å². The second-order valence-corrected chi connectivity index (χ2v) is 4.36. The lowest BCUT2D eigenvalue weighted by Gasteiger charge is -2.23. The van der Waals surface area contributed by atoms with Crippen LogP contribution in [0.2, 0.25) is 0 Å². The summed E-state index contributed by atoms with van der Waals surface area (Å²) in [5.74, 6) is -0.515. The average Bonchev–Trinajstić information content (AvgIpc) is 2.63. The number of para-hydroxylation sites is 1. The summed E-state index contributed by atoms with van der Waals surface area (Å²) in [4.78, 5) is 25.0. The van der Waals surface area contributed by atoms with E-state index < -0.39 is 5.97 Å². The first kappa shape index (κ1) is 13.2. The van der Waals surface area contributed by atoms with Crippen molar-refractivity contribution in [3.05, 3.63) is 23.8 Å². The van der Waals surface area contributed by atoms with Gasteiger partial charge in [-0.25, -0.2) is 4.79 Å². The monoisotopic (exact) mass is 263 g/mol. The minimum absolute atomic E-state index is 0.0413. The van der Waals surface area contributed by atoms with Gasteiger partial charge < -0.3 is 20.7 Å². The third-order valence-electron chi connectivity index (χ3n) is 3.09. The standard InChI is InChI=1S/C13H17N3O3/c1-19-13(18)9-4-2-5-10(12(9)14)16-7-3-6-15-11(17)8-16/h2,4-5H,3,6-8,14H2,1H3,(H,15,17). The number of nitrogens with one attached hydrogen (secondary N) is 1. The fourth-order valence-electron chi connectivity index (χ4n) is 2.13. The molecule has 0 bridgehead atoms. The Kier molecular flexibility index (Phi) is 3.89. The SMILES string of the molecule is COC(=O)c1cccc(N2CCCNC(=O)C2)c1N. The maximum absolute atomic E-state index is 11.6. The van der Waals surface area contributed by atoms with E-state index >= 15 is 0 Å². The van der Waals surface area contributed by atoms with Gasteiger partial charge in [0.15, 0.2) is 0 Å². The number of anilines is 2. The number of methoxy groups -OCH3 is 1. The van der Waals surface area contributed by atoms with Crippen LogP contribution in [0.4, 0.5) is 11.4 Å². The molecule has 1 aliphatic rings. The van der Waals surface area contributed by atoms with Gasteiger partial charge in [-0.15, -0.1) is 0 Å². The van der Waals surface area contributed by atoms with Crippen LogP contribution in [0.25, 0.3) is 0 Å². The zero-order chi connectivity index (χ0) is 13.8. The zero-order valence-electron chi connectivity index (χ0n) is 10.8. The van der Waals surface area contributed by atoms with Crippen LogP contribution in [0.3, 0.4) is 0 Å². The topological polar surface area (TPSA) is 84.7 Å². The number of benzene rings is 1. The van der Waals surface area contributed by atoms with E-state index in [4.69, 9.17) is 5.73 Å². The Balaban J connectivity index is 2.33. The number of esters is 1. The van der Waals surface area contributed by atoms with Gasteiger partial charge in [0.05, 0.1) is 30.6 Å². The number of carbonyl (C=O) groups is 2. The maximum Gasteiger partial charge on any atom is 0.340 e. The van der Waals surface area contributed by atoms with Crippen LogP contribution in [-0.2, 0) is 9.53 Å². The van der Waals surface area contributed by atoms with Crippen molar-refractivity contribution >= 4 is 23.3 Å². The molecule has 0 radical (unpaired) electrons. The fraction of sp³-hybridized carbons (Fsp3) is 0.385. The van der Waals surface area contributed by atoms with Crippen molar-refractivity contribution < 1.29 is 14.3 Å². The number of nitrogen functional groups attached to an aromatic ring is 1. The molecule has 19 heavy (non-hydrogen) atoms. The molecule has 0 unspecified atom stereocenters. The largest absolute Gasteiger partial charge is 0.465 e. The van der Waals surface area contributed by atoms with E-state index in [0.29, 0.717) is 30.0 Å². The van der Waals surface area contributed by atoms with Crippen LogP contribution in [0, 0.1) is 0 Å². The van der Waals surface area contributed by atoms with Gasteiger partial charge in [0.1, 0.15) is 0 Å². The van der Waals surface area contributed by atoms with Gasteiger partial charge in [-0.3, -0.25) is 4.79 Å². The van der Waals surface area contributed by atoms with E-state index in [-0.39, 0.29) is 12.5 Å². The molecule has 1 fully saturated rings. The van der Waals surface area contributed by atoms with Crippen LogP contribution in [-0.4, -0.2) is 38.6 Å². The number of amides is 1. The summed E-state index contributed by atoms with van der Waals surface area (Å²) in [5, 5.41) is 2.80. The summed E-state index contributed by atoms with van der Waals surface area (Å²) in [6.45, 7) is 1.62. The number of nitrogens with zero attached hydrogens (tertiary/aromatic N) is 1. The van der Waals surface area contributed by atoms with Gasteiger partial charge in [-0.05, 0) is 18.6 Å². The highest BCUT2D eigenvalue weighted by Gasteiger charge is 2.20. The molecule has 1 aromatic rings. The van der Waals surface area contributed by atoms with Gasteiger partial charge in [0.25, 0.3) is 0 Å². The molecule has 0 spiro atoms. The highest BCUT2D eigenvalue weighted by atomic mass is 16.5. The lowest BCUT2D eigenvalue weighted by atomic mass is 10.1. The third kappa shape index (κ3) is 2.78. The van der Waals surface area contributed by atoms with Gasteiger partial charge >= 0.3 is 5.97 Å². The van der Waals surface area contributed by atoms with E-state index in [1.54, 1.807) is 18.2 Å². The predicted molar refractivity (Wildman–Crippen MR) is 72.0 cm³/mol. The molecule has 1 aliphatic heterocycles. The average molecular weight is 263 g/mol. The van der Waals surface area contributed by atoms with Crippen LogP contribution in [0.5, 0.6) is 0 Å². The smallest absolute Gasteiger partial charge is 0.340 e. The second-order valence-electron chi connectivity index (χ2n) is 4.36. The minimum Gasteiger partial charge on any atom is -0.465 e. The van der Waals surface area contributed by atoms with Crippen molar-refractivity contribution in [3.63, 3.8) is 0 Å². The number of nitrogens with two attached hydrogens (primary N) is 1. The first-order valence-electron chi connectivity index (χ1n) is 6.12. The van der Waals surface area contributed by atoms with Crippen molar-refractivity contribution in [3.8, 4) is 0 Å². The molecule has 1 heterocycles. The van der Waals surface area contributed by atoms with E-state index in [9.17, 15) is 9.59 Å². The normalized spacial score (nSPS) is 15.6. The van der Waals surface area contributed by atoms with Crippen molar-refractivity contribution in [2.45, 2.75) is 6.42 Å². The second kappa shape index (κ2) is 5.60. The zero-order valence-corrected chi connectivity index (χ0v) is 10.8. The third-order valence-corrected chi connectivity index (χ3v) is 3.09. The Morgan fingerprint density at radius 1 is 1.47 bits per heavy atom. The number of carbonyl (C=O) groups excluding carboxylic acids is 2. The summed E-state index contributed by atoms with van der Waals surface area (Å²) in [7, 11) is 1.31. The Hall–Kier alpha value is -2.24. The Morgan fingerprint density at radius 3 is 3.00 bits per heavy atom. The molecule has 3 N–H and O–H groups in total. The highest BCUT2D eigenvalue weighted by molar-refractivity contribution is 5.99. The molecule has 102 valence electrons. The van der Waals surface area contributed by atoms with Crippen molar-refractivity contribution in [1.82, 2.24) is 5.32 Å². The van der Waals surface area contributed by atoms with E-state index in [2.05, 4.69) is 10.1 Å². The Morgan fingerprint density at radius 2 is 2.26 bits per heavy atom. The quantitative estimate of drug-likeness (QED) is 0.595. The molecule has 0 atom stereocenters. The molecule has 2 rings (SSSR count). The molecule has 1 saturated heterocycles. The lowest BCUT2D eigenvalue weighted by Crippen LogP contribution is -2.33. The van der Waals surface area contributed by atoms with Crippen LogP contribution in [0.15, 0.2) is 18.2 Å². The number of rotatable bonds is 2. The minimum atomic E-state index is -0.473. The maximum atomic E-state index is 11.6. The lowest BCUT2D eigenvalue weighted by molar-refractivity contribution is -0.119. The van der Waals surface area contributed by atoms with Crippen LogP contribution < -0.4 is 16.0 Å². The molecule has 0 saturated carbocycles. The first-order valence-corrected chi connectivity index (χ1v) is 6.12. The Bertz CT molecular complexity index is 502. The molecular weight excluding hydrogens is 246 g/mol. The molecule has 0 aliphatic carbocycles. The van der Waals surface area contributed by atoms with Gasteiger partial charge in [0, 0.05) is 13.1 Å². The van der Waals surface area contributed by atoms with Crippen molar-refractivity contribution in [2.75, 3.05) is 37.4 Å². The number of ether oxygens (including phenoxy) is 1. The predicted octanol–water partition coefficient (Wildman–Crippen LogP) is 0.382. The summed E-state index contributed by atoms with van der Waals surface area (Å²) in [5.41, 5.74) is 7.38. The highest BCUT2D eigenvalue weighted by Crippen LogP contribution is 2.27. The van der Waals surface area contributed by atoms with Crippen LogP contribution >= 0.6 is 0 Å². The summed E-state index contributed by atoms with van der Waals surface area (Å²) in [6.07, 6.45) is 0.841. The van der Waals surface area contributed by atoms with E-state index in [1.165, 1.54) is 7.11 Å². The van der Waals surface area contributed by atoms with E-state index in [0.717, 1.165) is 6.42 Å². The number of hydrogen-bond donors (Lipinski definition) is 2. The molecule has 6 heteroatoms. The summed E-state index contributed by atoms with van der Waals surface area (Å²) < 4.78 is 4.69. The van der Waals surface area contributed by atoms with Gasteiger partial charge in [0.2, 0.25) is 5.91 Å². The molecule has 1 aromatic carbocycles. The summed E-state index contributed by atoms with van der Waals surface area (Å²) in [6, 6.07) is 5.16. The number of hydrogen-bond acceptors (Lipinski definition) is 5. The van der Waals surface area contributed by atoms with Gasteiger partial charge in [-0.2, -0.15) is 0 Å². The van der Waals surface area contributed by atoms with Crippen molar-refractivity contribution in [1.29, 1.82) is 0 Å². The van der Waals surface area contributed by atoms with E-state index in [1.807, 2.05) is 4.90 Å². The molecule has 0 aromatic heterocycles. The Labute approximate surface area is 111 Å². The molecular formula is C13H17N3O3. The summed E-state index contributed by atoms with van der Waals surface area (Å²) >= 11 is 0. The fourth-order valence-corrected chi connectivity index (χ4v) is 2.13. The molecule has 6 nitrogen and oxygen atoms in total. The molecule has 1 amide bonds. The first-order chi connectivity index (χ1) is 9.13. The van der Waals surface area contributed by atoms with Gasteiger partial charge in [-0.1, -0.05) is 6.07 Å².